The second kappa shape index (κ2) is 28.7. The van der Waals surface area contributed by atoms with Crippen LogP contribution in [0, 0.1) is 23.2 Å². The number of Topliss-reactive ketones (excluding diaryl/α,β-unsaturated/α-hetero) is 1. The molecule has 0 aliphatic heterocycles. The second-order valence-corrected chi connectivity index (χ2v) is 21.9. The van der Waals surface area contributed by atoms with Crippen molar-refractivity contribution in [3.05, 3.63) is 77.5 Å². The van der Waals surface area contributed by atoms with Crippen molar-refractivity contribution in [2.45, 2.75) is 151 Å². The van der Waals surface area contributed by atoms with Crippen LogP contribution in [0.4, 0.5) is 15.3 Å². The molecule has 3 rings (SSSR count). The van der Waals surface area contributed by atoms with Crippen molar-refractivity contribution in [1.29, 1.82) is 0 Å². The first-order valence-electron chi connectivity index (χ1n) is 25.5. The first kappa shape index (κ1) is 65.8. The van der Waals surface area contributed by atoms with Crippen LogP contribution in [-0.4, -0.2) is 129 Å². The average Bonchev–Trinajstić information content (AvgIpc) is 3.69. The molecule has 1 heterocycles. The number of hydrogen-bond donors (Lipinski definition) is 8. The van der Waals surface area contributed by atoms with E-state index in [0.717, 1.165) is 16.5 Å². The number of rotatable bonds is 27. The maximum atomic E-state index is 15.2. The Morgan fingerprint density at radius 1 is 0.831 bits per heavy atom. The summed E-state index contributed by atoms with van der Waals surface area (Å²) in [7, 11) is 4.86. The number of anilines is 1. The molecule has 77 heavy (non-hydrogen) atoms. The highest BCUT2D eigenvalue weighted by atomic mass is 16.6. The number of para-hydroxylation sites is 1. The number of benzene rings is 2. The molecule has 0 saturated heterocycles. The number of aryl methyl sites for hydroxylation is 1. The molecule has 2 aromatic carbocycles. The summed E-state index contributed by atoms with van der Waals surface area (Å²) in [4.78, 5) is 121. The standard InChI is InChI=1S/C55H81N9O12.CH4/c1-31(2)41(27-33(5)47(68)60-39(51(72)73)24-25-43(66)67)63(12)50(71)45(54(6,7)8)61-49(70)46(55(9,10)38-29-62(11)40-19-15-14-18-37(38)40)64(13)53(75)76-30-34-20-22-36(23-21-34)59-48(69)35(17-16-26-58-52(57)74)28-42(65)44(56)32(3)4;/h14-15,18-23,27,29,31-32,35,39,41,44-46H,16-17,24-26,28,30,56H2,1-13H3,(H,59,69)(H,60,68)(H,61,70)(H,66,67)(H,72,73)(H3,57,58,74);1H4/b33-27+;/t35-,39-,41-,44?,45-,46-;/m1./s1. The third-order valence-corrected chi connectivity index (χ3v) is 13.6. The molecule has 0 spiro atoms. The Bertz CT molecular complexity index is 2600. The first-order chi connectivity index (χ1) is 35.3. The molecule has 0 radical (unpaired) electrons. The zero-order chi connectivity index (χ0) is 57.6. The van der Waals surface area contributed by atoms with Crippen molar-refractivity contribution in [3.63, 3.8) is 0 Å². The minimum atomic E-state index is -1.46. The van der Waals surface area contributed by atoms with E-state index in [1.54, 1.807) is 45.0 Å². The van der Waals surface area contributed by atoms with Crippen molar-refractivity contribution in [3.8, 4) is 0 Å². The lowest BCUT2D eigenvalue weighted by atomic mass is 9.76. The molecule has 21 nitrogen and oxygen atoms in total. The molecule has 0 saturated carbocycles. The van der Waals surface area contributed by atoms with Gasteiger partial charge >= 0.3 is 24.1 Å². The number of nitrogens with two attached hydrogens (primary N) is 2. The maximum absolute atomic E-state index is 15.2. The highest BCUT2D eigenvalue weighted by Crippen LogP contribution is 2.37. The zero-order valence-electron chi connectivity index (χ0n) is 46.3. The lowest BCUT2D eigenvalue weighted by Gasteiger charge is -2.42. The van der Waals surface area contributed by atoms with Crippen LogP contribution in [0.25, 0.3) is 10.9 Å². The largest absolute Gasteiger partial charge is 0.481 e. The molecule has 1 aromatic heterocycles. The van der Waals surface area contributed by atoms with E-state index in [-0.39, 0.29) is 63.0 Å². The van der Waals surface area contributed by atoms with E-state index in [1.165, 1.54) is 36.9 Å². The highest BCUT2D eigenvalue weighted by molar-refractivity contribution is 5.98. The van der Waals surface area contributed by atoms with Crippen molar-refractivity contribution >= 4 is 70.1 Å². The van der Waals surface area contributed by atoms with Crippen molar-refractivity contribution in [2.75, 3.05) is 26.0 Å². The lowest BCUT2D eigenvalue weighted by Crippen LogP contribution is -2.63. The molecule has 7 amide bonds. The topological polar surface area (TPSA) is 315 Å². The number of hydrogen-bond acceptors (Lipinski definition) is 11. The van der Waals surface area contributed by atoms with Gasteiger partial charge in [0, 0.05) is 80.2 Å². The minimum absolute atomic E-state index is 0. The number of ether oxygens (including phenoxy) is 1. The van der Waals surface area contributed by atoms with Gasteiger partial charge in [0.15, 0.2) is 5.78 Å². The smallest absolute Gasteiger partial charge is 0.410 e. The van der Waals surface area contributed by atoms with E-state index in [0.29, 0.717) is 17.7 Å². The summed E-state index contributed by atoms with van der Waals surface area (Å²) in [5.74, 6) is -6.39. The number of likely N-dealkylation sites (N-methyl/N-ethyl adjacent to an activating group) is 2. The Kier molecular flexibility index (Phi) is 24.6. The molecular formula is C56H85N9O12. The molecule has 0 bridgehead atoms. The maximum Gasteiger partial charge on any atom is 0.410 e. The van der Waals surface area contributed by atoms with Gasteiger partial charge < -0.3 is 57.2 Å². The normalized spacial score (nSPS) is 14.2. The van der Waals surface area contributed by atoms with Crippen LogP contribution < -0.4 is 32.7 Å². The molecule has 10 N–H and O–H groups in total. The Hall–Kier alpha value is -7.29. The van der Waals surface area contributed by atoms with Crippen LogP contribution in [0.3, 0.4) is 0 Å². The Balaban J connectivity index is 0.0000203. The Morgan fingerprint density at radius 3 is 1.99 bits per heavy atom. The number of urea groups is 1. The highest BCUT2D eigenvalue weighted by Gasteiger charge is 2.46. The van der Waals surface area contributed by atoms with E-state index in [9.17, 15) is 43.5 Å². The molecule has 6 atom stereocenters. The van der Waals surface area contributed by atoms with Gasteiger partial charge in [-0.1, -0.05) is 106 Å². The quantitative estimate of drug-likeness (QED) is 0.0318. The molecule has 426 valence electrons. The van der Waals surface area contributed by atoms with Gasteiger partial charge in [-0.2, -0.15) is 0 Å². The van der Waals surface area contributed by atoms with Crippen LogP contribution in [0.15, 0.2) is 66.4 Å². The van der Waals surface area contributed by atoms with Crippen LogP contribution in [0.2, 0.25) is 0 Å². The summed E-state index contributed by atoms with van der Waals surface area (Å²) in [6, 6.07) is 8.04. The fourth-order valence-corrected chi connectivity index (χ4v) is 9.01. The number of carboxylic acid groups (broad SMARTS) is 2. The van der Waals surface area contributed by atoms with Gasteiger partial charge in [-0.3, -0.25) is 33.7 Å². The SMILES string of the molecule is C.C/C(=C\[C@H](C(C)C)N(C)C(=O)[C@@H](NC(=O)[C@@H](N(C)C(=O)OCc1ccc(NC(=O)[C@H](CCCNC(N)=O)CC(=O)C(N)C(C)C)cc1)C(C)(C)c1cn(C)c2ccccc12)C(C)(C)C)C(=O)N[C@H](CCC(=O)O)C(=O)O. The number of amides is 7. The van der Waals surface area contributed by atoms with Gasteiger partial charge in [0.1, 0.15) is 24.7 Å². The van der Waals surface area contributed by atoms with Gasteiger partial charge in [-0.25, -0.2) is 14.4 Å². The van der Waals surface area contributed by atoms with Crippen molar-refractivity contribution < 1.29 is 58.1 Å². The zero-order valence-corrected chi connectivity index (χ0v) is 46.3. The fraction of sp³-hybridized carbons (Fsp3) is 0.554. The van der Waals surface area contributed by atoms with E-state index >= 15 is 4.79 Å². The van der Waals surface area contributed by atoms with Crippen LogP contribution >= 0.6 is 0 Å². The summed E-state index contributed by atoms with van der Waals surface area (Å²) in [6.45, 7) is 17.7. The molecule has 0 aliphatic rings. The van der Waals surface area contributed by atoms with Crippen LogP contribution in [0.5, 0.6) is 0 Å². The monoisotopic (exact) mass is 1080 g/mol. The Morgan fingerprint density at radius 2 is 1.44 bits per heavy atom. The van der Waals surface area contributed by atoms with Gasteiger partial charge in [0.2, 0.25) is 23.6 Å². The van der Waals surface area contributed by atoms with Crippen LogP contribution in [0.1, 0.15) is 120 Å². The van der Waals surface area contributed by atoms with E-state index in [1.807, 2.05) is 83.6 Å². The molecule has 0 aliphatic carbocycles. The van der Waals surface area contributed by atoms with Gasteiger partial charge in [-0.15, -0.1) is 0 Å². The molecular weight excluding hydrogens is 991 g/mol. The third kappa shape index (κ3) is 18.5. The fourth-order valence-electron chi connectivity index (χ4n) is 9.01. The number of carbonyl (C=O) groups is 9. The summed E-state index contributed by atoms with van der Waals surface area (Å²) in [6.07, 6.45) is 2.32. The minimum Gasteiger partial charge on any atom is -0.481 e. The summed E-state index contributed by atoms with van der Waals surface area (Å²) < 4.78 is 7.77. The summed E-state index contributed by atoms with van der Waals surface area (Å²) in [5, 5.41) is 30.2. The molecule has 0 fully saturated rings. The van der Waals surface area contributed by atoms with E-state index < -0.39 is 101 Å². The molecule has 3 aromatic rings. The molecule has 1 unspecified atom stereocenters. The summed E-state index contributed by atoms with van der Waals surface area (Å²) >= 11 is 0. The number of aromatic nitrogens is 1. The van der Waals surface area contributed by atoms with Crippen molar-refractivity contribution in [1.82, 2.24) is 30.3 Å². The predicted molar refractivity (Wildman–Crippen MR) is 295 cm³/mol. The Labute approximate surface area is 453 Å². The van der Waals surface area contributed by atoms with Gasteiger partial charge in [-0.05, 0) is 72.8 Å². The van der Waals surface area contributed by atoms with Crippen molar-refractivity contribution in [2.24, 2.45) is 41.7 Å². The average molecular weight is 1080 g/mol. The number of carboxylic acids is 2. The predicted octanol–water partition coefficient (Wildman–Crippen LogP) is 6.07. The number of carbonyl (C=O) groups excluding carboxylic acids is 7. The second-order valence-electron chi connectivity index (χ2n) is 21.9. The van der Waals surface area contributed by atoms with Crippen LogP contribution in [-0.2, 0) is 57.4 Å². The number of ketones is 1. The van der Waals surface area contributed by atoms with Gasteiger partial charge in [0.25, 0.3) is 0 Å². The molecule has 21 heteroatoms. The number of aliphatic carboxylic acids is 2. The number of nitrogens with zero attached hydrogens (tertiary/aromatic N) is 3. The lowest BCUT2D eigenvalue weighted by molar-refractivity contribution is -0.142. The first-order valence-corrected chi connectivity index (χ1v) is 25.5. The number of primary amides is 1. The van der Waals surface area contributed by atoms with E-state index in [2.05, 4.69) is 21.3 Å². The third-order valence-electron chi connectivity index (χ3n) is 13.6. The number of fused-ring (bicyclic) bond motifs is 1. The summed E-state index contributed by atoms with van der Waals surface area (Å²) in [5.41, 5.74) is 11.9. The van der Waals surface area contributed by atoms with E-state index in [4.69, 9.17) is 21.3 Å². The number of nitrogens with one attached hydrogen (secondary N) is 4. The van der Waals surface area contributed by atoms with Gasteiger partial charge in [0.05, 0.1) is 12.1 Å².